The molecule has 0 radical (unpaired) electrons. The van der Waals surface area contributed by atoms with E-state index in [1.54, 1.807) is 12.1 Å². The van der Waals surface area contributed by atoms with Gasteiger partial charge in [0, 0.05) is 6.54 Å². The molecule has 0 saturated heterocycles. The first-order valence-corrected chi connectivity index (χ1v) is 9.76. The Labute approximate surface area is 136 Å². The molecule has 4 nitrogen and oxygen atoms in total. The fourth-order valence-electron chi connectivity index (χ4n) is 2.44. The Kier molecular flexibility index (Phi) is 8.68. The van der Waals surface area contributed by atoms with Crippen LogP contribution in [0.25, 0.3) is 0 Å². The van der Waals surface area contributed by atoms with Crippen molar-refractivity contribution in [2.45, 2.75) is 51.3 Å². The number of benzene rings is 1. The van der Waals surface area contributed by atoms with Gasteiger partial charge in [0.1, 0.15) is 0 Å². The maximum atomic E-state index is 12.1. The van der Waals surface area contributed by atoms with E-state index in [0.29, 0.717) is 11.4 Å². The summed E-state index contributed by atoms with van der Waals surface area (Å²) in [5.41, 5.74) is 1.06. The maximum absolute atomic E-state index is 12.1. The van der Waals surface area contributed by atoms with E-state index in [4.69, 9.17) is 0 Å². The molecular weight excluding hydrogens is 296 g/mol. The fraction of sp³-hybridized carbons (Fsp3) is 0.647. The standard InChI is InChI=1S/C17H30N2O2S/c1-4-13-19(14-5-2)15-7-6-12-18-22(20,21)17-10-8-16(3)9-11-17/h8-11,18H,4-7,12-15H2,1-3H3. The van der Waals surface area contributed by atoms with Crippen LogP contribution in [0.1, 0.15) is 45.1 Å². The monoisotopic (exact) mass is 326 g/mol. The molecule has 0 unspecified atom stereocenters. The molecule has 0 amide bonds. The third-order valence-corrected chi connectivity index (χ3v) is 5.08. The molecule has 126 valence electrons. The van der Waals surface area contributed by atoms with E-state index in [9.17, 15) is 8.42 Å². The maximum Gasteiger partial charge on any atom is 0.240 e. The average molecular weight is 327 g/mol. The lowest BCUT2D eigenvalue weighted by molar-refractivity contribution is 0.269. The Balaban J connectivity index is 2.32. The molecule has 0 aliphatic heterocycles. The molecule has 0 bridgehead atoms. The zero-order valence-electron chi connectivity index (χ0n) is 14.1. The van der Waals surface area contributed by atoms with Crippen LogP contribution in [0.2, 0.25) is 0 Å². The van der Waals surface area contributed by atoms with Gasteiger partial charge in [-0.05, 0) is 64.4 Å². The van der Waals surface area contributed by atoms with Gasteiger partial charge in [-0.3, -0.25) is 0 Å². The van der Waals surface area contributed by atoms with Crippen LogP contribution in [-0.2, 0) is 10.0 Å². The lowest BCUT2D eigenvalue weighted by Crippen LogP contribution is -2.28. The molecule has 0 aliphatic carbocycles. The summed E-state index contributed by atoms with van der Waals surface area (Å²) in [5, 5.41) is 0. The summed E-state index contributed by atoms with van der Waals surface area (Å²) in [6.45, 7) is 10.1. The zero-order valence-corrected chi connectivity index (χ0v) is 15.0. The molecule has 0 aliphatic rings. The number of unbranched alkanes of at least 4 members (excludes halogenated alkanes) is 1. The van der Waals surface area contributed by atoms with Crippen LogP contribution < -0.4 is 4.72 Å². The summed E-state index contributed by atoms with van der Waals surface area (Å²) in [6, 6.07) is 6.95. The van der Waals surface area contributed by atoms with Gasteiger partial charge in [-0.25, -0.2) is 13.1 Å². The number of aryl methyl sites for hydroxylation is 1. The Morgan fingerprint density at radius 3 is 2.09 bits per heavy atom. The van der Waals surface area contributed by atoms with Crippen molar-refractivity contribution in [3.63, 3.8) is 0 Å². The summed E-state index contributed by atoms with van der Waals surface area (Å²) in [5.74, 6) is 0. The molecule has 0 spiro atoms. The van der Waals surface area contributed by atoms with E-state index in [1.807, 2.05) is 19.1 Å². The van der Waals surface area contributed by atoms with E-state index in [-0.39, 0.29) is 0 Å². The molecule has 0 aromatic heterocycles. The summed E-state index contributed by atoms with van der Waals surface area (Å²) < 4.78 is 26.9. The van der Waals surface area contributed by atoms with Crippen LogP contribution >= 0.6 is 0 Å². The third-order valence-electron chi connectivity index (χ3n) is 3.60. The summed E-state index contributed by atoms with van der Waals surface area (Å²) in [6.07, 6.45) is 4.23. The Bertz CT molecular complexity index is 506. The molecule has 0 fully saturated rings. The van der Waals surface area contributed by atoms with Gasteiger partial charge in [0.25, 0.3) is 0 Å². The van der Waals surface area contributed by atoms with Gasteiger partial charge >= 0.3 is 0 Å². The molecule has 1 aromatic carbocycles. The van der Waals surface area contributed by atoms with E-state index >= 15 is 0 Å². The van der Waals surface area contributed by atoms with Gasteiger partial charge in [-0.2, -0.15) is 0 Å². The average Bonchev–Trinajstić information content (AvgIpc) is 2.47. The second kappa shape index (κ2) is 9.98. The van der Waals surface area contributed by atoms with Crippen molar-refractivity contribution in [3.8, 4) is 0 Å². The summed E-state index contributed by atoms with van der Waals surface area (Å²) in [4.78, 5) is 2.80. The van der Waals surface area contributed by atoms with Gasteiger partial charge < -0.3 is 4.90 Å². The van der Waals surface area contributed by atoms with Crippen molar-refractivity contribution in [2.75, 3.05) is 26.2 Å². The van der Waals surface area contributed by atoms with E-state index in [2.05, 4.69) is 23.5 Å². The van der Waals surface area contributed by atoms with E-state index in [0.717, 1.165) is 38.0 Å². The molecule has 5 heteroatoms. The SMILES string of the molecule is CCCN(CCC)CCCCNS(=O)(=O)c1ccc(C)cc1. The molecule has 0 heterocycles. The minimum atomic E-state index is -3.36. The van der Waals surface area contributed by atoms with Crippen LogP contribution in [0.4, 0.5) is 0 Å². The Hall–Kier alpha value is -0.910. The second-order valence-electron chi connectivity index (χ2n) is 5.76. The van der Waals surface area contributed by atoms with Crippen molar-refractivity contribution >= 4 is 10.0 Å². The first-order valence-electron chi connectivity index (χ1n) is 8.28. The van der Waals surface area contributed by atoms with E-state index in [1.165, 1.54) is 12.8 Å². The third kappa shape index (κ3) is 6.90. The molecule has 0 saturated carbocycles. The first kappa shape index (κ1) is 19.1. The zero-order chi connectivity index (χ0) is 16.4. The van der Waals surface area contributed by atoms with Crippen molar-refractivity contribution in [1.29, 1.82) is 0 Å². The minimum Gasteiger partial charge on any atom is -0.303 e. The highest BCUT2D eigenvalue weighted by Crippen LogP contribution is 2.09. The predicted octanol–water partition coefficient (Wildman–Crippen LogP) is 3.18. The highest BCUT2D eigenvalue weighted by Gasteiger charge is 2.12. The van der Waals surface area contributed by atoms with Gasteiger partial charge in [-0.15, -0.1) is 0 Å². The van der Waals surface area contributed by atoms with Crippen LogP contribution in [0.15, 0.2) is 29.2 Å². The quantitative estimate of drug-likeness (QED) is 0.635. The largest absolute Gasteiger partial charge is 0.303 e. The lowest BCUT2D eigenvalue weighted by atomic mass is 10.2. The normalized spacial score (nSPS) is 12.0. The highest BCUT2D eigenvalue weighted by atomic mass is 32.2. The number of sulfonamides is 1. The molecule has 0 atom stereocenters. The molecule has 22 heavy (non-hydrogen) atoms. The predicted molar refractivity (Wildman–Crippen MR) is 92.6 cm³/mol. The fourth-order valence-corrected chi connectivity index (χ4v) is 3.51. The molecule has 1 rings (SSSR count). The smallest absolute Gasteiger partial charge is 0.240 e. The van der Waals surface area contributed by atoms with Crippen molar-refractivity contribution in [3.05, 3.63) is 29.8 Å². The Morgan fingerprint density at radius 2 is 1.55 bits per heavy atom. The van der Waals surface area contributed by atoms with Gasteiger partial charge in [0.05, 0.1) is 4.90 Å². The minimum absolute atomic E-state index is 0.344. The van der Waals surface area contributed by atoms with Gasteiger partial charge in [0.15, 0.2) is 0 Å². The van der Waals surface area contributed by atoms with Crippen LogP contribution in [0, 0.1) is 6.92 Å². The molecule has 1 aromatic rings. The van der Waals surface area contributed by atoms with E-state index < -0.39 is 10.0 Å². The van der Waals surface area contributed by atoms with Crippen molar-refractivity contribution in [1.82, 2.24) is 9.62 Å². The van der Waals surface area contributed by atoms with Gasteiger partial charge in [-0.1, -0.05) is 31.5 Å². The first-order chi connectivity index (χ1) is 10.5. The number of nitrogens with one attached hydrogen (secondary N) is 1. The number of rotatable bonds is 11. The highest BCUT2D eigenvalue weighted by molar-refractivity contribution is 7.89. The number of nitrogens with zero attached hydrogens (tertiary/aromatic N) is 1. The molecule has 1 N–H and O–H groups in total. The number of hydrogen-bond donors (Lipinski definition) is 1. The van der Waals surface area contributed by atoms with Crippen molar-refractivity contribution < 1.29 is 8.42 Å². The van der Waals surface area contributed by atoms with Crippen molar-refractivity contribution in [2.24, 2.45) is 0 Å². The van der Waals surface area contributed by atoms with Crippen LogP contribution in [0.3, 0.4) is 0 Å². The topological polar surface area (TPSA) is 49.4 Å². The molecular formula is C17H30N2O2S. The van der Waals surface area contributed by atoms with Crippen LogP contribution in [-0.4, -0.2) is 39.5 Å². The lowest BCUT2D eigenvalue weighted by Gasteiger charge is -2.20. The van der Waals surface area contributed by atoms with Crippen LogP contribution in [0.5, 0.6) is 0 Å². The van der Waals surface area contributed by atoms with Gasteiger partial charge in [0.2, 0.25) is 10.0 Å². The number of hydrogen-bond acceptors (Lipinski definition) is 3. The summed E-state index contributed by atoms with van der Waals surface area (Å²) >= 11 is 0. The summed E-state index contributed by atoms with van der Waals surface area (Å²) in [7, 11) is -3.36. The Morgan fingerprint density at radius 1 is 0.955 bits per heavy atom. The second-order valence-corrected chi connectivity index (χ2v) is 7.53.